The average molecular weight is 343 g/mol. The molecule has 3 atom stereocenters. The fraction of sp³-hybridized carbons (Fsp3) is 0.600. The van der Waals surface area contributed by atoms with Crippen LogP contribution < -0.4 is 11.1 Å². The van der Waals surface area contributed by atoms with Crippen LogP contribution in [0.4, 0.5) is 0 Å². The number of nitrogens with two attached hydrogens (primary N) is 1. The normalized spacial score (nSPS) is 22.9. The van der Waals surface area contributed by atoms with Gasteiger partial charge in [-0.3, -0.25) is 14.5 Å². The second kappa shape index (κ2) is 7.56. The summed E-state index contributed by atoms with van der Waals surface area (Å²) >= 11 is 0. The lowest BCUT2D eigenvalue weighted by molar-refractivity contribution is -0.127. The Bertz CT molecular complexity index is 658. The SMILES string of the molecule is C[C@H](NC(=O)[C@H](C)N1CC[C@H](C(N)=O)C1)c1ccc2c(c1)CCCC2. The molecule has 1 fully saturated rings. The Morgan fingerprint density at radius 3 is 2.60 bits per heavy atom. The monoisotopic (exact) mass is 343 g/mol. The number of rotatable bonds is 5. The zero-order chi connectivity index (χ0) is 18.0. The lowest BCUT2D eigenvalue weighted by atomic mass is 9.89. The van der Waals surface area contributed by atoms with E-state index in [0.29, 0.717) is 6.54 Å². The van der Waals surface area contributed by atoms with Gasteiger partial charge in [-0.05, 0) is 69.2 Å². The number of nitrogens with one attached hydrogen (secondary N) is 1. The molecule has 0 bridgehead atoms. The maximum Gasteiger partial charge on any atom is 0.237 e. The number of nitrogens with zero attached hydrogens (tertiary/aromatic N) is 1. The first-order valence-electron chi connectivity index (χ1n) is 9.41. The maximum absolute atomic E-state index is 12.6. The fourth-order valence-electron chi connectivity index (χ4n) is 3.98. The van der Waals surface area contributed by atoms with Crippen LogP contribution in [0.5, 0.6) is 0 Å². The third kappa shape index (κ3) is 4.03. The van der Waals surface area contributed by atoms with Gasteiger partial charge >= 0.3 is 0 Å². The van der Waals surface area contributed by atoms with Crippen molar-refractivity contribution in [2.24, 2.45) is 11.7 Å². The quantitative estimate of drug-likeness (QED) is 0.858. The summed E-state index contributed by atoms with van der Waals surface area (Å²) in [5, 5.41) is 3.13. The predicted molar refractivity (Wildman–Crippen MR) is 98.0 cm³/mol. The molecule has 3 rings (SSSR count). The summed E-state index contributed by atoms with van der Waals surface area (Å²) in [7, 11) is 0. The molecule has 136 valence electrons. The molecule has 25 heavy (non-hydrogen) atoms. The van der Waals surface area contributed by atoms with E-state index in [2.05, 4.69) is 23.5 Å². The highest BCUT2D eigenvalue weighted by Crippen LogP contribution is 2.25. The molecule has 1 heterocycles. The molecule has 1 aliphatic heterocycles. The molecule has 1 saturated heterocycles. The number of fused-ring (bicyclic) bond motifs is 1. The minimum atomic E-state index is -0.266. The summed E-state index contributed by atoms with van der Waals surface area (Å²) in [6.45, 7) is 5.26. The van der Waals surface area contributed by atoms with E-state index in [1.165, 1.54) is 30.4 Å². The molecule has 5 heteroatoms. The number of benzene rings is 1. The molecule has 0 spiro atoms. The van der Waals surface area contributed by atoms with Crippen LogP contribution in [-0.4, -0.2) is 35.8 Å². The lowest BCUT2D eigenvalue weighted by Gasteiger charge is -2.26. The molecule has 1 aliphatic carbocycles. The minimum Gasteiger partial charge on any atom is -0.369 e. The van der Waals surface area contributed by atoms with Crippen LogP contribution in [0.25, 0.3) is 0 Å². The predicted octanol–water partition coefficient (Wildman–Crippen LogP) is 1.94. The molecule has 3 N–H and O–H groups in total. The van der Waals surface area contributed by atoms with Gasteiger partial charge in [0.15, 0.2) is 0 Å². The molecular weight excluding hydrogens is 314 g/mol. The van der Waals surface area contributed by atoms with E-state index in [0.717, 1.165) is 24.9 Å². The molecule has 1 aromatic rings. The smallest absolute Gasteiger partial charge is 0.237 e. The fourth-order valence-corrected chi connectivity index (χ4v) is 3.98. The van der Waals surface area contributed by atoms with Crippen LogP contribution in [-0.2, 0) is 22.4 Å². The summed E-state index contributed by atoms with van der Waals surface area (Å²) in [5.41, 5.74) is 9.43. The van der Waals surface area contributed by atoms with Gasteiger partial charge in [-0.25, -0.2) is 0 Å². The van der Waals surface area contributed by atoms with Crippen LogP contribution in [0.3, 0.4) is 0 Å². The maximum atomic E-state index is 12.6. The summed E-state index contributed by atoms with van der Waals surface area (Å²) in [5.74, 6) is -0.388. The van der Waals surface area contributed by atoms with Crippen molar-refractivity contribution in [3.63, 3.8) is 0 Å². The van der Waals surface area contributed by atoms with Crippen molar-refractivity contribution in [1.82, 2.24) is 10.2 Å². The van der Waals surface area contributed by atoms with E-state index in [1.54, 1.807) is 0 Å². The van der Waals surface area contributed by atoms with E-state index in [9.17, 15) is 9.59 Å². The topological polar surface area (TPSA) is 75.4 Å². The Morgan fingerprint density at radius 1 is 1.20 bits per heavy atom. The molecule has 0 radical (unpaired) electrons. The van der Waals surface area contributed by atoms with Crippen LogP contribution >= 0.6 is 0 Å². The highest BCUT2D eigenvalue weighted by Gasteiger charge is 2.32. The Labute approximate surface area is 150 Å². The number of amides is 2. The van der Waals surface area contributed by atoms with E-state index >= 15 is 0 Å². The Hall–Kier alpha value is -1.88. The highest BCUT2D eigenvalue weighted by molar-refractivity contribution is 5.82. The van der Waals surface area contributed by atoms with Gasteiger partial charge in [-0.2, -0.15) is 0 Å². The molecule has 0 unspecified atom stereocenters. The summed E-state index contributed by atoms with van der Waals surface area (Å²) in [6.07, 6.45) is 5.59. The first-order chi connectivity index (χ1) is 12.0. The van der Waals surface area contributed by atoms with Gasteiger partial charge < -0.3 is 11.1 Å². The second-order valence-corrected chi connectivity index (χ2v) is 7.52. The third-order valence-electron chi connectivity index (χ3n) is 5.78. The van der Waals surface area contributed by atoms with E-state index in [4.69, 9.17) is 5.73 Å². The molecule has 5 nitrogen and oxygen atoms in total. The molecule has 0 aromatic heterocycles. The van der Waals surface area contributed by atoms with Crippen molar-refractivity contribution in [3.05, 3.63) is 34.9 Å². The van der Waals surface area contributed by atoms with Gasteiger partial charge in [0, 0.05) is 6.54 Å². The number of carbonyl (C=O) groups excluding carboxylic acids is 2. The number of primary amides is 1. The molecular formula is C20H29N3O2. The minimum absolute atomic E-state index is 0.00958. The first-order valence-corrected chi connectivity index (χ1v) is 9.41. The largest absolute Gasteiger partial charge is 0.369 e. The van der Waals surface area contributed by atoms with Crippen LogP contribution in [0.1, 0.15) is 55.8 Å². The van der Waals surface area contributed by atoms with Gasteiger partial charge in [0.25, 0.3) is 0 Å². The molecule has 2 amide bonds. The standard InChI is InChI=1S/C20H29N3O2/c1-13(16-8-7-15-5-3-4-6-17(15)11-16)22-20(25)14(2)23-10-9-18(12-23)19(21)24/h7-8,11,13-14,18H,3-6,9-10,12H2,1-2H3,(H2,21,24)(H,22,25)/t13-,14-,18-/m0/s1. The molecule has 1 aromatic carbocycles. The highest BCUT2D eigenvalue weighted by atomic mass is 16.2. The van der Waals surface area contributed by atoms with Crippen molar-refractivity contribution in [2.75, 3.05) is 13.1 Å². The Balaban J connectivity index is 1.59. The summed E-state index contributed by atoms with van der Waals surface area (Å²) in [4.78, 5) is 26.0. The van der Waals surface area contributed by atoms with Gasteiger partial charge in [0.2, 0.25) is 11.8 Å². The van der Waals surface area contributed by atoms with Gasteiger partial charge in [0.1, 0.15) is 0 Å². The molecule has 0 saturated carbocycles. The van der Waals surface area contributed by atoms with Gasteiger partial charge in [-0.15, -0.1) is 0 Å². The first kappa shape index (κ1) is 17.9. The van der Waals surface area contributed by atoms with E-state index in [1.807, 2.05) is 18.7 Å². The zero-order valence-electron chi connectivity index (χ0n) is 15.3. The van der Waals surface area contributed by atoms with E-state index < -0.39 is 0 Å². The second-order valence-electron chi connectivity index (χ2n) is 7.52. The van der Waals surface area contributed by atoms with E-state index in [-0.39, 0.29) is 29.8 Å². The van der Waals surface area contributed by atoms with Crippen molar-refractivity contribution >= 4 is 11.8 Å². The van der Waals surface area contributed by atoms with Crippen LogP contribution in [0.15, 0.2) is 18.2 Å². The number of hydrogen-bond acceptors (Lipinski definition) is 3. The number of hydrogen-bond donors (Lipinski definition) is 2. The summed E-state index contributed by atoms with van der Waals surface area (Å²) < 4.78 is 0. The lowest BCUT2D eigenvalue weighted by Crippen LogP contribution is -2.45. The average Bonchev–Trinajstić information content (AvgIpc) is 3.11. The number of aryl methyl sites for hydroxylation is 2. The van der Waals surface area contributed by atoms with Gasteiger partial charge in [0.05, 0.1) is 18.0 Å². The number of carbonyl (C=O) groups is 2. The van der Waals surface area contributed by atoms with Crippen LogP contribution in [0.2, 0.25) is 0 Å². The third-order valence-corrected chi connectivity index (χ3v) is 5.78. The zero-order valence-corrected chi connectivity index (χ0v) is 15.3. The van der Waals surface area contributed by atoms with Crippen molar-refractivity contribution in [3.8, 4) is 0 Å². The Morgan fingerprint density at radius 2 is 1.92 bits per heavy atom. The summed E-state index contributed by atoms with van der Waals surface area (Å²) in [6, 6.07) is 6.34. The van der Waals surface area contributed by atoms with Crippen molar-refractivity contribution < 1.29 is 9.59 Å². The number of likely N-dealkylation sites (tertiary alicyclic amines) is 1. The Kier molecular flexibility index (Phi) is 5.42. The van der Waals surface area contributed by atoms with Crippen LogP contribution in [0, 0.1) is 5.92 Å². The van der Waals surface area contributed by atoms with Gasteiger partial charge in [-0.1, -0.05) is 18.2 Å². The molecule has 2 aliphatic rings. The van der Waals surface area contributed by atoms with Crippen molar-refractivity contribution in [1.29, 1.82) is 0 Å². The van der Waals surface area contributed by atoms with Crippen molar-refractivity contribution in [2.45, 2.75) is 58.0 Å².